The molecule has 140 valence electrons. The Morgan fingerprint density at radius 1 is 1.33 bits per heavy atom. The highest BCUT2D eigenvalue weighted by atomic mass is 35.5. The Kier molecular flexibility index (Phi) is 7.09. The molecule has 1 aromatic carbocycles. The van der Waals surface area contributed by atoms with E-state index >= 15 is 0 Å². The van der Waals surface area contributed by atoms with Gasteiger partial charge in [0.15, 0.2) is 5.16 Å². The van der Waals surface area contributed by atoms with Gasteiger partial charge in [0.2, 0.25) is 5.91 Å². The summed E-state index contributed by atoms with van der Waals surface area (Å²) in [6.45, 7) is 0.512. The van der Waals surface area contributed by atoms with Gasteiger partial charge in [-0.25, -0.2) is 0 Å². The molecule has 5 nitrogen and oxygen atoms in total. The maximum atomic E-state index is 11.9. The third kappa shape index (κ3) is 5.95. The van der Waals surface area contributed by atoms with Gasteiger partial charge in [-0.2, -0.15) is 0 Å². The minimum atomic E-state index is -0.110. The molecule has 2 heterocycles. The number of aromatic nitrogens is 3. The highest BCUT2D eigenvalue weighted by molar-refractivity contribution is 7.98. The number of nitrogens with one attached hydrogen (secondary N) is 1. The number of hydrogen-bond donors (Lipinski definition) is 1. The molecule has 0 aliphatic rings. The summed E-state index contributed by atoms with van der Waals surface area (Å²) in [6.07, 6.45) is 3.99. The Labute approximate surface area is 171 Å². The van der Waals surface area contributed by atoms with Gasteiger partial charge >= 0.3 is 0 Å². The summed E-state index contributed by atoms with van der Waals surface area (Å²) in [4.78, 5) is 12.9. The van der Waals surface area contributed by atoms with Crippen LogP contribution < -0.4 is 5.32 Å². The van der Waals surface area contributed by atoms with Crippen molar-refractivity contribution in [1.82, 2.24) is 20.1 Å². The lowest BCUT2D eigenvalue weighted by atomic mass is 10.2. The predicted molar refractivity (Wildman–Crippen MR) is 112 cm³/mol. The molecule has 3 rings (SSSR count). The molecule has 0 bridgehead atoms. The van der Waals surface area contributed by atoms with Gasteiger partial charge in [-0.1, -0.05) is 41.6 Å². The van der Waals surface area contributed by atoms with Crippen molar-refractivity contribution < 1.29 is 4.79 Å². The van der Waals surface area contributed by atoms with E-state index in [9.17, 15) is 4.79 Å². The van der Waals surface area contributed by atoms with E-state index in [0.29, 0.717) is 13.0 Å². The standard InChI is InChI=1S/C19H19ClN4OS2/c1-24-17(9-10-21-18(25)8-7-16-6-3-11-26-16)22-23-19(24)27-13-14-4-2-5-15(20)12-14/h2-8,11-12H,9-10,13H2,1H3,(H,21,25)/b8-7+. The molecular weight excluding hydrogens is 400 g/mol. The first-order valence-electron chi connectivity index (χ1n) is 8.37. The van der Waals surface area contributed by atoms with Crippen molar-refractivity contribution in [1.29, 1.82) is 0 Å². The second kappa shape index (κ2) is 9.73. The highest BCUT2D eigenvalue weighted by Gasteiger charge is 2.09. The van der Waals surface area contributed by atoms with Crippen LogP contribution >= 0.6 is 34.7 Å². The molecule has 8 heteroatoms. The maximum absolute atomic E-state index is 11.9. The first kappa shape index (κ1) is 19.7. The second-order valence-corrected chi connectivity index (χ2v) is 8.12. The molecule has 0 fully saturated rings. The van der Waals surface area contributed by atoms with Crippen LogP contribution in [-0.4, -0.2) is 27.2 Å². The van der Waals surface area contributed by atoms with Gasteiger partial charge in [-0.15, -0.1) is 21.5 Å². The molecule has 0 aliphatic carbocycles. The number of carbonyl (C=O) groups excluding carboxylic acids is 1. The van der Waals surface area contributed by atoms with Crippen molar-refractivity contribution in [2.24, 2.45) is 7.05 Å². The molecule has 1 N–H and O–H groups in total. The van der Waals surface area contributed by atoms with Crippen LogP contribution in [0.15, 0.2) is 53.0 Å². The van der Waals surface area contributed by atoms with Crippen LogP contribution in [0.1, 0.15) is 16.3 Å². The number of thiophene rings is 1. The molecular formula is C19H19ClN4OS2. The molecule has 27 heavy (non-hydrogen) atoms. The van der Waals surface area contributed by atoms with Crippen LogP contribution in [0.5, 0.6) is 0 Å². The summed E-state index contributed by atoms with van der Waals surface area (Å²) in [6, 6.07) is 11.7. The fraction of sp³-hybridized carbons (Fsp3) is 0.211. The fourth-order valence-corrected chi connectivity index (χ4v) is 4.07. The summed E-state index contributed by atoms with van der Waals surface area (Å²) in [7, 11) is 1.94. The topological polar surface area (TPSA) is 59.8 Å². The summed E-state index contributed by atoms with van der Waals surface area (Å²) in [5.41, 5.74) is 1.14. The van der Waals surface area contributed by atoms with Gasteiger partial charge in [0.05, 0.1) is 0 Å². The zero-order valence-corrected chi connectivity index (χ0v) is 17.2. The normalized spacial score (nSPS) is 11.2. The first-order chi connectivity index (χ1) is 13.1. The Bertz CT molecular complexity index is 922. The molecule has 0 saturated carbocycles. The molecule has 0 spiro atoms. The van der Waals surface area contributed by atoms with E-state index in [1.54, 1.807) is 29.2 Å². The molecule has 0 aliphatic heterocycles. The Morgan fingerprint density at radius 2 is 2.22 bits per heavy atom. The van der Waals surface area contributed by atoms with Crippen LogP contribution in [0, 0.1) is 0 Å². The Hall–Kier alpha value is -2.09. The van der Waals surface area contributed by atoms with E-state index in [2.05, 4.69) is 15.5 Å². The summed E-state index contributed by atoms with van der Waals surface area (Å²) in [5.74, 6) is 1.50. The highest BCUT2D eigenvalue weighted by Crippen LogP contribution is 2.22. The molecule has 1 amide bonds. The number of nitrogens with zero attached hydrogens (tertiary/aromatic N) is 3. The SMILES string of the molecule is Cn1c(CCNC(=O)/C=C/c2cccs2)nnc1SCc1cccc(Cl)c1. The second-order valence-electron chi connectivity index (χ2n) is 5.77. The molecule has 0 saturated heterocycles. The predicted octanol–water partition coefficient (Wildman–Crippen LogP) is 4.19. The van der Waals surface area contributed by atoms with Crippen LogP contribution in [-0.2, 0) is 24.0 Å². The molecule has 0 radical (unpaired) electrons. The lowest BCUT2D eigenvalue weighted by Crippen LogP contribution is -2.24. The molecule has 3 aromatic rings. The maximum Gasteiger partial charge on any atom is 0.244 e. The third-order valence-corrected chi connectivity index (χ3v) is 5.94. The van der Waals surface area contributed by atoms with E-state index in [4.69, 9.17) is 11.6 Å². The number of amides is 1. The van der Waals surface area contributed by atoms with Gasteiger partial charge < -0.3 is 9.88 Å². The minimum absolute atomic E-state index is 0.110. The van der Waals surface area contributed by atoms with E-state index in [-0.39, 0.29) is 5.91 Å². The number of rotatable bonds is 8. The van der Waals surface area contributed by atoms with Gasteiger partial charge in [0.1, 0.15) is 5.82 Å². The number of carbonyl (C=O) groups is 1. The lowest BCUT2D eigenvalue weighted by molar-refractivity contribution is -0.116. The lowest BCUT2D eigenvalue weighted by Gasteiger charge is -2.05. The smallest absolute Gasteiger partial charge is 0.244 e. The average molecular weight is 419 g/mol. The van der Waals surface area contributed by atoms with Crippen LogP contribution in [0.4, 0.5) is 0 Å². The quantitative estimate of drug-likeness (QED) is 0.440. The average Bonchev–Trinajstić information content (AvgIpc) is 3.29. The van der Waals surface area contributed by atoms with E-state index < -0.39 is 0 Å². The van der Waals surface area contributed by atoms with Crippen molar-refractivity contribution in [3.05, 3.63) is 69.1 Å². The van der Waals surface area contributed by atoms with Gasteiger partial charge in [0.25, 0.3) is 0 Å². The van der Waals surface area contributed by atoms with Crippen LogP contribution in [0.3, 0.4) is 0 Å². The van der Waals surface area contributed by atoms with E-state index in [1.165, 1.54) is 0 Å². The van der Waals surface area contributed by atoms with Crippen molar-refractivity contribution in [2.75, 3.05) is 6.54 Å². The summed E-state index contributed by atoms with van der Waals surface area (Å²) >= 11 is 9.22. The van der Waals surface area contributed by atoms with Crippen LogP contribution in [0.2, 0.25) is 5.02 Å². The zero-order valence-electron chi connectivity index (χ0n) is 14.8. The minimum Gasteiger partial charge on any atom is -0.352 e. The van der Waals surface area contributed by atoms with Gasteiger partial charge in [-0.3, -0.25) is 4.79 Å². The van der Waals surface area contributed by atoms with Crippen molar-refractivity contribution in [3.8, 4) is 0 Å². The van der Waals surface area contributed by atoms with Crippen molar-refractivity contribution >= 4 is 46.7 Å². The first-order valence-corrected chi connectivity index (χ1v) is 10.6. The monoisotopic (exact) mass is 418 g/mol. The van der Waals surface area contributed by atoms with Crippen molar-refractivity contribution in [3.63, 3.8) is 0 Å². The molecule has 2 aromatic heterocycles. The Balaban J connectivity index is 1.46. The Morgan fingerprint density at radius 3 is 3.00 bits per heavy atom. The van der Waals surface area contributed by atoms with E-state index in [0.717, 1.165) is 32.2 Å². The zero-order chi connectivity index (χ0) is 19.1. The molecule has 0 unspecified atom stereocenters. The summed E-state index contributed by atoms with van der Waals surface area (Å²) < 4.78 is 1.96. The number of hydrogen-bond acceptors (Lipinski definition) is 5. The van der Waals surface area contributed by atoms with Gasteiger partial charge in [-0.05, 0) is 35.2 Å². The number of halogens is 1. The van der Waals surface area contributed by atoms with Crippen molar-refractivity contribution in [2.45, 2.75) is 17.3 Å². The fourth-order valence-electron chi connectivity index (χ4n) is 2.36. The largest absolute Gasteiger partial charge is 0.352 e. The molecule has 0 atom stereocenters. The number of thioether (sulfide) groups is 1. The summed E-state index contributed by atoms with van der Waals surface area (Å²) in [5, 5.41) is 14.9. The van der Waals surface area contributed by atoms with Gasteiger partial charge in [0, 0.05) is 41.7 Å². The van der Waals surface area contributed by atoms with E-state index in [1.807, 2.05) is 59.5 Å². The third-order valence-electron chi connectivity index (χ3n) is 3.77. The number of benzene rings is 1. The van der Waals surface area contributed by atoms with Crippen LogP contribution in [0.25, 0.3) is 6.08 Å².